The summed E-state index contributed by atoms with van der Waals surface area (Å²) in [4.78, 5) is 12.0. The van der Waals surface area contributed by atoms with Crippen molar-refractivity contribution in [1.82, 2.24) is 10.6 Å². The number of alkyl halides is 3. The number of hydrogen-bond donors (Lipinski definition) is 2. The van der Waals surface area contributed by atoms with Crippen LogP contribution in [-0.2, 0) is 17.8 Å². The van der Waals surface area contributed by atoms with E-state index in [4.69, 9.17) is 0 Å². The highest BCUT2D eigenvalue weighted by Crippen LogP contribution is 2.48. The quantitative estimate of drug-likeness (QED) is 0.871. The molecule has 1 amide bonds. The van der Waals surface area contributed by atoms with Gasteiger partial charge in [0.15, 0.2) is 0 Å². The second kappa shape index (κ2) is 4.48. The lowest BCUT2D eigenvalue weighted by atomic mass is 9.95. The summed E-state index contributed by atoms with van der Waals surface area (Å²) in [5.41, 5.74) is 0.125. The lowest BCUT2D eigenvalue weighted by Gasteiger charge is -2.28. The van der Waals surface area contributed by atoms with Crippen molar-refractivity contribution in [2.24, 2.45) is 0 Å². The smallest absolute Gasteiger partial charge is 0.341 e. The molecule has 3 nitrogen and oxygen atoms in total. The first-order valence-electron chi connectivity index (χ1n) is 6.60. The van der Waals surface area contributed by atoms with Crippen LogP contribution in [0.25, 0.3) is 0 Å². The van der Waals surface area contributed by atoms with Gasteiger partial charge in [-0.2, -0.15) is 13.2 Å². The predicted octanol–water partition coefficient (Wildman–Crippen LogP) is 1.91. The molecule has 0 spiro atoms. The van der Waals surface area contributed by atoms with E-state index in [-0.39, 0.29) is 12.8 Å². The lowest BCUT2D eigenvalue weighted by Crippen LogP contribution is -2.55. The minimum atomic E-state index is -4.37. The average Bonchev–Trinajstić information content (AvgIpc) is 3.18. The molecule has 0 radical (unpaired) electrons. The zero-order valence-corrected chi connectivity index (χ0v) is 10.8. The first kappa shape index (κ1) is 13.4. The van der Waals surface area contributed by atoms with Crippen molar-refractivity contribution >= 4 is 5.91 Å². The SMILES string of the molecule is O=C(NC1(C(F)(F)F)CC1)[C@@H]1Cc2ccccc2CN1. The van der Waals surface area contributed by atoms with Crippen molar-refractivity contribution in [3.8, 4) is 0 Å². The van der Waals surface area contributed by atoms with E-state index >= 15 is 0 Å². The Bertz CT molecular complexity index is 537. The number of nitrogens with one attached hydrogen (secondary N) is 2. The van der Waals surface area contributed by atoms with Crippen LogP contribution in [0.1, 0.15) is 24.0 Å². The third-order valence-corrected chi connectivity index (χ3v) is 4.05. The number of fused-ring (bicyclic) bond motifs is 1. The zero-order valence-electron chi connectivity index (χ0n) is 10.8. The molecule has 1 fully saturated rings. The van der Waals surface area contributed by atoms with Crippen LogP contribution >= 0.6 is 0 Å². The zero-order chi connectivity index (χ0) is 14.4. The Morgan fingerprint density at radius 1 is 1.25 bits per heavy atom. The van der Waals surface area contributed by atoms with Crippen LogP contribution < -0.4 is 10.6 Å². The van der Waals surface area contributed by atoms with Gasteiger partial charge in [0.05, 0.1) is 6.04 Å². The first-order valence-corrected chi connectivity index (χ1v) is 6.60. The second-order valence-corrected chi connectivity index (χ2v) is 5.48. The third kappa shape index (κ3) is 2.28. The highest BCUT2D eigenvalue weighted by molar-refractivity contribution is 5.83. The van der Waals surface area contributed by atoms with Crippen LogP contribution in [0.15, 0.2) is 24.3 Å². The van der Waals surface area contributed by atoms with Gasteiger partial charge in [-0.3, -0.25) is 4.79 Å². The van der Waals surface area contributed by atoms with Gasteiger partial charge in [-0.15, -0.1) is 0 Å². The maximum atomic E-state index is 12.8. The Kier molecular flexibility index (Phi) is 3.01. The van der Waals surface area contributed by atoms with E-state index in [0.717, 1.165) is 11.1 Å². The van der Waals surface area contributed by atoms with Crippen molar-refractivity contribution in [2.75, 3.05) is 0 Å². The molecule has 0 saturated heterocycles. The fourth-order valence-corrected chi connectivity index (χ4v) is 2.57. The fraction of sp³-hybridized carbons (Fsp3) is 0.500. The summed E-state index contributed by atoms with van der Waals surface area (Å²) in [7, 11) is 0. The van der Waals surface area contributed by atoms with Gasteiger partial charge in [-0.05, 0) is 30.4 Å². The van der Waals surface area contributed by atoms with Crippen LogP contribution in [0.2, 0.25) is 0 Å². The number of carbonyl (C=O) groups is 1. The molecule has 1 aromatic rings. The number of hydrogen-bond acceptors (Lipinski definition) is 2. The summed E-state index contributed by atoms with van der Waals surface area (Å²) in [5.74, 6) is -0.561. The van der Waals surface area contributed by atoms with Crippen LogP contribution in [0.5, 0.6) is 0 Å². The average molecular weight is 284 g/mol. The molecule has 6 heteroatoms. The van der Waals surface area contributed by atoms with Gasteiger partial charge in [0, 0.05) is 6.54 Å². The molecule has 1 aliphatic heterocycles. The summed E-state index contributed by atoms with van der Waals surface area (Å²) < 4.78 is 38.5. The fourth-order valence-electron chi connectivity index (χ4n) is 2.57. The van der Waals surface area contributed by atoms with Crippen LogP contribution in [0.3, 0.4) is 0 Å². The Morgan fingerprint density at radius 2 is 1.90 bits per heavy atom. The number of benzene rings is 1. The van der Waals surface area contributed by atoms with Gasteiger partial charge < -0.3 is 10.6 Å². The van der Waals surface area contributed by atoms with Gasteiger partial charge in [0.25, 0.3) is 0 Å². The normalized spacial score (nSPS) is 23.9. The van der Waals surface area contributed by atoms with Crippen molar-refractivity contribution in [3.63, 3.8) is 0 Å². The maximum absolute atomic E-state index is 12.8. The monoisotopic (exact) mass is 284 g/mol. The highest BCUT2D eigenvalue weighted by Gasteiger charge is 2.64. The largest absolute Gasteiger partial charge is 0.411 e. The standard InChI is InChI=1S/C14H15F3N2O/c15-14(16,17)13(5-6-13)19-12(20)11-7-9-3-1-2-4-10(9)8-18-11/h1-4,11,18H,5-8H2,(H,19,20)/t11-/m0/s1. The minimum Gasteiger partial charge on any atom is -0.341 e. The molecule has 1 aliphatic carbocycles. The summed E-state index contributed by atoms with van der Waals surface area (Å²) in [6.45, 7) is 0.507. The molecule has 108 valence electrons. The van der Waals surface area contributed by atoms with Gasteiger partial charge in [-0.25, -0.2) is 0 Å². The van der Waals surface area contributed by atoms with Gasteiger partial charge in [0.1, 0.15) is 5.54 Å². The molecular formula is C14H15F3N2O. The molecule has 1 heterocycles. The molecular weight excluding hydrogens is 269 g/mol. The summed E-state index contributed by atoms with van der Waals surface area (Å²) in [6.07, 6.45) is -3.98. The van der Waals surface area contributed by atoms with Crippen molar-refractivity contribution in [2.45, 2.75) is 43.6 Å². The summed E-state index contributed by atoms with van der Waals surface area (Å²) in [6, 6.07) is 7.05. The Morgan fingerprint density at radius 3 is 2.50 bits per heavy atom. The molecule has 1 saturated carbocycles. The molecule has 20 heavy (non-hydrogen) atoms. The van der Waals surface area contributed by atoms with E-state index in [0.29, 0.717) is 13.0 Å². The van der Waals surface area contributed by atoms with Crippen LogP contribution in [0.4, 0.5) is 13.2 Å². The molecule has 1 aromatic carbocycles. The first-order chi connectivity index (χ1) is 9.41. The van der Waals surface area contributed by atoms with Crippen LogP contribution in [0, 0.1) is 0 Å². The van der Waals surface area contributed by atoms with E-state index in [9.17, 15) is 18.0 Å². The topological polar surface area (TPSA) is 41.1 Å². The lowest BCUT2D eigenvalue weighted by molar-refractivity contribution is -0.171. The van der Waals surface area contributed by atoms with E-state index in [1.165, 1.54) is 0 Å². The van der Waals surface area contributed by atoms with E-state index in [1.807, 2.05) is 24.3 Å². The Labute approximate surface area is 114 Å². The highest BCUT2D eigenvalue weighted by atomic mass is 19.4. The molecule has 1 atom stereocenters. The minimum absolute atomic E-state index is 0.0223. The number of carbonyl (C=O) groups excluding carboxylic acids is 1. The summed E-state index contributed by atoms with van der Waals surface area (Å²) >= 11 is 0. The second-order valence-electron chi connectivity index (χ2n) is 5.48. The van der Waals surface area contributed by atoms with E-state index < -0.39 is 23.7 Å². The van der Waals surface area contributed by atoms with Crippen molar-refractivity contribution < 1.29 is 18.0 Å². The van der Waals surface area contributed by atoms with Gasteiger partial charge in [0.2, 0.25) is 5.91 Å². The van der Waals surface area contributed by atoms with Crippen molar-refractivity contribution in [1.29, 1.82) is 0 Å². The van der Waals surface area contributed by atoms with Gasteiger partial charge >= 0.3 is 6.18 Å². The number of amides is 1. The predicted molar refractivity (Wildman–Crippen MR) is 66.9 cm³/mol. The molecule has 3 rings (SSSR count). The Hall–Kier alpha value is -1.56. The van der Waals surface area contributed by atoms with E-state index in [1.54, 1.807) is 0 Å². The maximum Gasteiger partial charge on any atom is 0.411 e. The van der Waals surface area contributed by atoms with Crippen LogP contribution in [-0.4, -0.2) is 23.7 Å². The molecule has 2 aliphatic rings. The summed E-state index contributed by atoms with van der Waals surface area (Å²) in [5, 5.41) is 5.18. The molecule has 2 N–H and O–H groups in total. The number of rotatable bonds is 2. The molecule has 0 aromatic heterocycles. The van der Waals surface area contributed by atoms with E-state index in [2.05, 4.69) is 10.6 Å². The molecule has 0 unspecified atom stereocenters. The Balaban J connectivity index is 1.68. The number of halogens is 3. The van der Waals surface area contributed by atoms with Gasteiger partial charge in [-0.1, -0.05) is 24.3 Å². The van der Waals surface area contributed by atoms with Crippen molar-refractivity contribution in [3.05, 3.63) is 35.4 Å². The third-order valence-electron chi connectivity index (χ3n) is 4.05. The molecule has 0 bridgehead atoms.